The van der Waals surface area contributed by atoms with Crippen molar-refractivity contribution in [2.45, 2.75) is 52.1 Å². The molecule has 0 aromatic rings. The van der Waals surface area contributed by atoms with Gasteiger partial charge in [-0.3, -0.25) is 0 Å². The second-order valence-electron chi connectivity index (χ2n) is 5.57. The Morgan fingerprint density at radius 1 is 1.38 bits per heavy atom. The van der Waals surface area contributed by atoms with Crippen molar-refractivity contribution in [1.29, 1.82) is 0 Å². The van der Waals surface area contributed by atoms with Crippen LogP contribution in [0.15, 0.2) is 0 Å². The number of nitrogens with one attached hydrogen (secondary N) is 1. The number of carbonyl (C=O) groups excluding carboxylic acids is 2. The first-order chi connectivity index (χ1) is 9.86. The fraction of sp³-hybridized carbons (Fsp3) is 0.786. The van der Waals surface area contributed by atoms with Crippen molar-refractivity contribution in [1.82, 2.24) is 10.2 Å². The number of urea groups is 1. The van der Waals surface area contributed by atoms with Crippen LogP contribution in [0.2, 0.25) is 0 Å². The molecule has 21 heavy (non-hydrogen) atoms. The van der Waals surface area contributed by atoms with Crippen LogP contribution in [0.4, 0.5) is 4.79 Å². The third kappa shape index (κ3) is 4.91. The lowest BCUT2D eigenvalue weighted by atomic mass is 10.0. The lowest BCUT2D eigenvalue weighted by molar-refractivity contribution is -0.147. The largest absolute Gasteiger partial charge is 0.480 e. The molecule has 0 bridgehead atoms. The van der Waals surface area contributed by atoms with Crippen LogP contribution in [0.25, 0.3) is 0 Å². The zero-order chi connectivity index (χ0) is 16.0. The van der Waals surface area contributed by atoms with Crippen LogP contribution in [0.1, 0.15) is 40.0 Å². The van der Waals surface area contributed by atoms with E-state index in [1.54, 1.807) is 6.92 Å². The number of carbonyl (C=O) groups is 3. The maximum Gasteiger partial charge on any atom is 0.328 e. The molecular formula is C14H24N2O5. The van der Waals surface area contributed by atoms with E-state index < -0.39 is 30.1 Å². The second-order valence-corrected chi connectivity index (χ2v) is 5.57. The van der Waals surface area contributed by atoms with Gasteiger partial charge in [-0.1, -0.05) is 13.8 Å². The third-order valence-corrected chi connectivity index (χ3v) is 3.38. The standard InChI is InChI=1S/C14H24N2O5/c1-4-21-13(19)11-6-5-7-16(11)14(20)15-10(12(17)18)8-9(2)3/h9-11H,4-8H2,1-3H3,(H,15,20)(H,17,18). The van der Waals surface area contributed by atoms with Crippen LogP contribution < -0.4 is 5.32 Å². The minimum atomic E-state index is -1.07. The topological polar surface area (TPSA) is 95.9 Å². The van der Waals surface area contributed by atoms with E-state index in [0.29, 0.717) is 25.8 Å². The first-order valence-corrected chi connectivity index (χ1v) is 7.33. The van der Waals surface area contributed by atoms with Gasteiger partial charge < -0.3 is 20.1 Å². The summed E-state index contributed by atoms with van der Waals surface area (Å²) in [5.41, 5.74) is 0. The van der Waals surface area contributed by atoms with E-state index in [-0.39, 0.29) is 12.5 Å². The van der Waals surface area contributed by atoms with Gasteiger partial charge in [0.2, 0.25) is 0 Å². The molecule has 2 N–H and O–H groups in total. The number of rotatable bonds is 6. The Bertz CT molecular complexity index is 397. The molecule has 2 amide bonds. The van der Waals surface area contributed by atoms with Crippen molar-refractivity contribution in [3.8, 4) is 0 Å². The van der Waals surface area contributed by atoms with Crippen LogP contribution in [0.5, 0.6) is 0 Å². The Hall–Kier alpha value is -1.79. The molecule has 1 aliphatic rings. The minimum absolute atomic E-state index is 0.144. The molecule has 1 fully saturated rings. The molecule has 1 heterocycles. The quantitative estimate of drug-likeness (QED) is 0.719. The van der Waals surface area contributed by atoms with E-state index in [1.807, 2.05) is 13.8 Å². The molecule has 0 aliphatic carbocycles. The van der Waals surface area contributed by atoms with E-state index in [0.717, 1.165) is 0 Å². The highest BCUT2D eigenvalue weighted by Crippen LogP contribution is 2.19. The zero-order valence-corrected chi connectivity index (χ0v) is 12.8. The second kappa shape index (κ2) is 7.85. The van der Waals surface area contributed by atoms with E-state index >= 15 is 0 Å². The monoisotopic (exact) mass is 300 g/mol. The summed E-state index contributed by atoms with van der Waals surface area (Å²) in [7, 11) is 0. The van der Waals surface area contributed by atoms with Gasteiger partial charge in [0.15, 0.2) is 0 Å². The molecule has 1 aliphatic heterocycles. The fourth-order valence-corrected chi connectivity index (χ4v) is 2.42. The average Bonchev–Trinajstić information content (AvgIpc) is 2.86. The van der Waals surface area contributed by atoms with Crippen molar-refractivity contribution in [2.24, 2.45) is 5.92 Å². The Morgan fingerprint density at radius 2 is 2.05 bits per heavy atom. The number of hydrogen-bond acceptors (Lipinski definition) is 4. The Morgan fingerprint density at radius 3 is 2.57 bits per heavy atom. The van der Waals surface area contributed by atoms with Crippen LogP contribution >= 0.6 is 0 Å². The number of esters is 1. The number of nitrogens with zero attached hydrogens (tertiary/aromatic N) is 1. The molecule has 7 nitrogen and oxygen atoms in total. The summed E-state index contributed by atoms with van der Waals surface area (Å²) in [6.45, 7) is 6.18. The minimum Gasteiger partial charge on any atom is -0.480 e. The van der Waals surface area contributed by atoms with Crippen molar-refractivity contribution < 1.29 is 24.2 Å². The van der Waals surface area contributed by atoms with Gasteiger partial charge in [-0.2, -0.15) is 0 Å². The molecule has 1 saturated heterocycles. The zero-order valence-electron chi connectivity index (χ0n) is 12.8. The molecule has 1 rings (SSSR count). The summed E-state index contributed by atoms with van der Waals surface area (Å²) < 4.78 is 4.95. The van der Waals surface area contributed by atoms with Gasteiger partial charge in [0.05, 0.1) is 6.61 Å². The summed E-state index contributed by atoms with van der Waals surface area (Å²) in [6.07, 6.45) is 1.60. The molecule has 0 saturated carbocycles. The molecule has 0 radical (unpaired) electrons. The average molecular weight is 300 g/mol. The van der Waals surface area contributed by atoms with Gasteiger partial charge in [-0.15, -0.1) is 0 Å². The van der Waals surface area contributed by atoms with Gasteiger partial charge in [-0.05, 0) is 32.1 Å². The number of hydrogen-bond donors (Lipinski definition) is 2. The van der Waals surface area contributed by atoms with Crippen LogP contribution in [0, 0.1) is 5.92 Å². The number of aliphatic carboxylic acids is 1. The number of carboxylic acids is 1. The Kier molecular flexibility index (Phi) is 6.45. The molecule has 0 aromatic carbocycles. The molecule has 0 spiro atoms. The van der Waals surface area contributed by atoms with Crippen LogP contribution in [0.3, 0.4) is 0 Å². The van der Waals surface area contributed by atoms with Crippen molar-refractivity contribution in [3.63, 3.8) is 0 Å². The van der Waals surface area contributed by atoms with E-state index in [9.17, 15) is 14.4 Å². The van der Waals surface area contributed by atoms with Crippen LogP contribution in [-0.2, 0) is 14.3 Å². The highest BCUT2D eigenvalue weighted by Gasteiger charge is 2.36. The predicted molar refractivity (Wildman–Crippen MR) is 75.8 cm³/mol. The van der Waals surface area contributed by atoms with Gasteiger partial charge in [0.25, 0.3) is 0 Å². The van der Waals surface area contributed by atoms with Crippen molar-refractivity contribution in [2.75, 3.05) is 13.2 Å². The van der Waals surface area contributed by atoms with E-state index in [2.05, 4.69) is 5.32 Å². The third-order valence-electron chi connectivity index (χ3n) is 3.38. The van der Waals surface area contributed by atoms with Crippen molar-refractivity contribution in [3.05, 3.63) is 0 Å². The lowest BCUT2D eigenvalue weighted by Crippen LogP contribution is -2.51. The summed E-state index contributed by atoms with van der Waals surface area (Å²) in [5, 5.41) is 11.6. The molecule has 2 atom stereocenters. The summed E-state index contributed by atoms with van der Waals surface area (Å²) in [6, 6.07) is -2.07. The first-order valence-electron chi connectivity index (χ1n) is 7.33. The highest BCUT2D eigenvalue weighted by molar-refractivity contribution is 5.87. The predicted octanol–water partition coefficient (Wildman–Crippen LogP) is 1.22. The van der Waals surface area contributed by atoms with Gasteiger partial charge in [-0.25, -0.2) is 14.4 Å². The normalized spacial score (nSPS) is 19.4. The summed E-state index contributed by atoms with van der Waals surface area (Å²) in [4.78, 5) is 36.5. The van der Waals surface area contributed by atoms with Crippen LogP contribution in [-0.4, -0.2) is 53.2 Å². The molecule has 0 aromatic heterocycles. The maximum absolute atomic E-state index is 12.2. The number of likely N-dealkylation sites (tertiary alicyclic amines) is 1. The van der Waals surface area contributed by atoms with E-state index in [4.69, 9.17) is 9.84 Å². The van der Waals surface area contributed by atoms with Crippen molar-refractivity contribution >= 4 is 18.0 Å². The van der Waals surface area contributed by atoms with Gasteiger partial charge in [0, 0.05) is 6.54 Å². The van der Waals surface area contributed by atoms with Gasteiger partial charge in [0.1, 0.15) is 12.1 Å². The number of amides is 2. The smallest absolute Gasteiger partial charge is 0.328 e. The summed E-state index contributed by atoms with van der Waals surface area (Å²) >= 11 is 0. The lowest BCUT2D eigenvalue weighted by Gasteiger charge is -2.26. The SMILES string of the molecule is CCOC(=O)C1CCCN1C(=O)NC(CC(C)C)C(=O)O. The molecule has 2 unspecified atom stereocenters. The fourth-order valence-electron chi connectivity index (χ4n) is 2.42. The Balaban J connectivity index is 2.67. The Labute approximate surface area is 124 Å². The molecular weight excluding hydrogens is 276 g/mol. The molecule has 7 heteroatoms. The summed E-state index contributed by atoms with van der Waals surface area (Å²) in [5.74, 6) is -1.35. The highest BCUT2D eigenvalue weighted by atomic mass is 16.5. The maximum atomic E-state index is 12.2. The number of carboxylic acid groups (broad SMARTS) is 1. The van der Waals surface area contributed by atoms with Gasteiger partial charge >= 0.3 is 18.0 Å². The first kappa shape index (κ1) is 17.3. The number of ether oxygens (including phenoxy) is 1. The molecule has 120 valence electrons. The van der Waals surface area contributed by atoms with E-state index in [1.165, 1.54) is 4.90 Å².